The molecule has 0 aromatic rings. The lowest BCUT2D eigenvalue weighted by Crippen LogP contribution is -1.90. The Hall–Kier alpha value is -0.720. The second-order valence-electron chi connectivity index (χ2n) is 1.78. The van der Waals surface area contributed by atoms with Crippen molar-refractivity contribution < 1.29 is 4.74 Å². The zero-order valence-corrected chi connectivity index (χ0v) is 5.06. The molecule has 0 spiro atoms. The van der Waals surface area contributed by atoms with E-state index in [1.54, 1.807) is 0 Å². The van der Waals surface area contributed by atoms with Gasteiger partial charge in [-0.3, -0.25) is 0 Å². The lowest BCUT2D eigenvalue weighted by Gasteiger charge is -2.08. The average molecular weight is 108 g/mol. The van der Waals surface area contributed by atoms with E-state index in [2.05, 4.69) is 6.42 Å². The first-order chi connectivity index (χ1) is 3.79. The van der Waals surface area contributed by atoms with Crippen LogP contribution >= 0.6 is 0 Å². The molecule has 0 aliphatic carbocycles. The molecule has 0 N–H and O–H groups in total. The van der Waals surface area contributed by atoms with Crippen LogP contribution in [0.5, 0.6) is 0 Å². The predicted octanol–water partition coefficient (Wildman–Crippen LogP) is 1.91. The lowest BCUT2D eigenvalue weighted by molar-refractivity contribution is 0.304. The van der Waals surface area contributed by atoms with Crippen molar-refractivity contribution in [1.29, 1.82) is 0 Å². The van der Waals surface area contributed by atoms with Gasteiger partial charge in [-0.05, 0) is 26.0 Å². The van der Waals surface area contributed by atoms with Crippen molar-refractivity contribution in [2.24, 2.45) is 0 Å². The fraction of sp³-hybridized carbons (Fsp3) is 0.286. The van der Waals surface area contributed by atoms with Crippen LogP contribution in [-0.2, 0) is 4.74 Å². The molecule has 1 aliphatic heterocycles. The molecule has 1 heteroatoms. The summed E-state index contributed by atoms with van der Waals surface area (Å²) >= 11 is 0. The summed E-state index contributed by atoms with van der Waals surface area (Å²) in [5, 5.41) is 0. The summed E-state index contributed by atoms with van der Waals surface area (Å²) in [6.07, 6.45) is 6.56. The van der Waals surface area contributed by atoms with E-state index in [-0.39, 0.29) is 0 Å². The van der Waals surface area contributed by atoms with Crippen molar-refractivity contribution in [3.63, 3.8) is 0 Å². The van der Waals surface area contributed by atoms with Gasteiger partial charge in [-0.1, -0.05) is 0 Å². The van der Waals surface area contributed by atoms with Crippen molar-refractivity contribution in [2.75, 3.05) is 0 Å². The molecular weight excluding hydrogens is 100 g/mol. The first-order valence-electron chi connectivity index (χ1n) is 2.56. The van der Waals surface area contributed by atoms with Crippen molar-refractivity contribution >= 4 is 0 Å². The molecular formula is C7H8O. The van der Waals surface area contributed by atoms with E-state index in [4.69, 9.17) is 4.74 Å². The van der Waals surface area contributed by atoms with Gasteiger partial charge in [0.05, 0.1) is 11.5 Å². The van der Waals surface area contributed by atoms with Gasteiger partial charge >= 0.3 is 0 Å². The monoisotopic (exact) mass is 108 g/mol. The molecule has 1 rings (SSSR count). The molecule has 1 aliphatic rings. The van der Waals surface area contributed by atoms with Gasteiger partial charge < -0.3 is 4.74 Å². The number of rotatable bonds is 0. The summed E-state index contributed by atoms with van der Waals surface area (Å²) in [6, 6.07) is 0. The zero-order chi connectivity index (χ0) is 5.98. The highest BCUT2D eigenvalue weighted by Gasteiger charge is 1.96. The highest BCUT2D eigenvalue weighted by molar-refractivity contribution is 5.18. The van der Waals surface area contributed by atoms with E-state index >= 15 is 0 Å². The van der Waals surface area contributed by atoms with E-state index in [1.807, 2.05) is 26.0 Å². The second kappa shape index (κ2) is 2.03. The zero-order valence-electron chi connectivity index (χ0n) is 5.06. The number of hydrogen-bond donors (Lipinski definition) is 0. The summed E-state index contributed by atoms with van der Waals surface area (Å²) in [6.45, 7) is 3.81. The van der Waals surface area contributed by atoms with Crippen LogP contribution in [-0.4, -0.2) is 0 Å². The second-order valence-corrected chi connectivity index (χ2v) is 1.78. The molecule has 0 aromatic heterocycles. The van der Waals surface area contributed by atoms with Crippen LogP contribution in [0, 0.1) is 6.42 Å². The summed E-state index contributed by atoms with van der Waals surface area (Å²) in [7, 11) is 0. The van der Waals surface area contributed by atoms with Crippen molar-refractivity contribution in [1.82, 2.24) is 0 Å². The minimum Gasteiger partial charge on any atom is -0.467 e. The Morgan fingerprint density at radius 1 is 1.25 bits per heavy atom. The number of allylic oxidation sites excluding steroid dienone is 4. The third-order valence-electron chi connectivity index (χ3n) is 0.895. The highest BCUT2D eigenvalue weighted by atomic mass is 16.5. The van der Waals surface area contributed by atoms with Gasteiger partial charge in [0.25, 0.3) is 0 Å². The lowest BCUT2D eigenvalue weighted by atomic mass is 10.3. The van der Waals surface area contributed by atoms with Crippen LogP contribution < -0.4 is 0 Å². The normalized spacial score (nSPS) is 18.8. The van der Waals surface area contributed by atoms with E-state index in [0.29, 0.717) is 0 Å². The molecule has 1 heterocycles. The average Bonchev–Trinajstić information content (AvgIpc) is 1.64. The molecule has 8 heavy (non-hydrogen) atoms. The van der Waals surface area contributed by atoms with Gasteiger partial charge in [0, 0.05) is 6.42 Å². The van der Waals surface area contributed by atoms with Gasteiger partial charge in [-0.25, -0.2) is 0 Å². The predicted molar refractivity (Wildman–Crippen MR) is 31.8 cm³/mol. The molecule has 0 amide bonds. The minimum absolute atomic E-state index is 0.907. The molecule has 0 saturated heterocycles. The van der Waals surface area contributed by atoms with Crippen LogP contribution in [0.3, 0.4) is 0 Å². The van der Waals surface area contributed by atoms with E-state index < -0.39 is 0 Å². The smallest absolute Gasteiger partial charge is 0.0974 e. The molecule has 0 saturated carbocycles. The molecule has 2 radical (unpaired) electrons. The quantitative estimate of drug-likeness (QED) is 0.460. The van der Waals surface area contributed by atoms with Crippen LogP contribution in [0.2, 0.25) is 0 Å². The summed E-state index contributed by atoms with van der Waals surface area (Å²) in [5.74, 6) is 1.81. The fourth-order valence-electron chi connectivity index (χ4n) is 0.589. The molecule has 42 valence electrons. The molecule has 1 nitrogen and oxygen atoms in total. The van der Waals surface area contributed by atoms with Gasteiger partial charge in [0.1, 0.15) is 0 Å². The van der Waals surface area contributed by atoms with Crippen LogP contribution in [0.15, 0.2) is 23.7 Å². The minimum atomic E-state index is 0.907. The summed E-state index contributed by atoms with van der Waals surface area (Å²) in [4.78, 5) is 0. The largest absolute Gasteiger partial charge is 0.467 e. The first kappa shape index (κ1) is 5.42. The van der Waals surface area contributed by atoms with Crippen molar-refractivity contribution in [2.45, 2.75) is 13.8 Å². The van der Waals surface area contributed by atoms with Crippen LogP contribution in [0.4, 0.5) is 0 Å². The van der Waals surface area contributed by atoms with Crippen LogP contribution in [0.25, 0.3) is 0 Å². The van der Waals surface area contributed by atoms with E-state index in [1.165, 1.54) is 0 Å². The van der Waals surface area contributed by atoms with Gasteiger partial charge in [0.15, 0.2) is 0 Å². The Kier molecular flexibility index (Phi) is 1.38. The Morgan fingerprint density at radius 3 is 2.00 bits per heavy atom. The molecule has 0 unspecified atom stereocenters. The number of hydrogen-bond acceptors (Lipinski definition) is 1. The Balaban J connectivity index is 2.57. The Labute approximate surface area is 49.7 Å². The third-order valence-corrected chi connectivity index (χ3v) is 0.895. The maximum atomic E-state index is 5.15. The van der Waals surface area contributed by atoms with Crippen LogP contribution in [0.1, 0.15) is 13.8 Å². The molecule has 0 atom stereocenters. The topological polar surface area (TPSA) is 9.23 Å². The number of ether oxygens (including phenoxy) is 1. The van der Waals surface area contributed by atoms with Crippen molar-refractivity contribution in [3.05, 3.63) is 30.1 Å². The summed E-state index contributed by atoms with van der Waals surface area (Å²) in [5.41, 5.74) is 0. The Bertz CT molecular complexity index is 126. The highest BCUT2D eigenvalue weighted by Crippen LogP contribution is 2.11. The molecule has 0 fully saturated rings. The SMILES string of the molecule is CC1=C[C]C=C(C)O1. The van der Waals surface area contributed by atoms with E-state index in [0.717, 1.165) is 11.5 Å². The fourth-order valence-corrected chi connectivity index (χ4v) is 0.589. The van der Waals surface area contributed by atoms with Gasteiger partial charge in [0.2, 0.25) is 0 Å². The molecule has 0 aromatic carbocycles. The maximum absolute atomic E-state index is 5.15. The summed E-state index contributed by atoms with van der Waals surface area (Å²) < 4.78 is 5.15. The maximum Gasteiger partial charge on any atom is 0.0974 e. The van der Waals surface area contributed by atoms with Crippen molar-refractivity contribution in [3.8, 4) is 0 Å². The first-order valence-corrected chi connectivity index (χ1v) is 2.56. The molecule has 0 bridgehead atoms. The third kappa shape index (κ3) is 1.12. The standard InChI is InChI=1S/C7H8O/c1-6-4-3-5-7(2)8-6/h4-5H,1-2H3. The van der Waals surface area contributed by atoms with Gasteiger partial charge in [-0.15, -0.1) is 0 Å². The Morgan fingerprint density at radius 2 is 1.75 bits per heavy atom. The van der Waals surface area contributed by atoms with E-state index in [9.17, 15) is 0 Å². The van der Waals surface area contributed by atoms with Gasteiger partial charge in [-0.2, -0.15) is 0 Å².